The lowest BCUT2D eigenvalue weighted by Gasteiger charge is -2.17. The summed E-state index contributed by atoms with van der Waals surface area (Å²) >= 11 is 0. The van der Waals surface area contributed by atoms with Gasteiger partial charge in [0.1, 0.15) is 11.3 Å². The van der Waals surface area contributed by atoms with Gasteiger partial charge in [-0.3, -0.25) is 19.3 Å². The van der Waals surface area contributed by atoms with Crippen LogP contribution in [0, 0.1) is 0 Å². The minimum atomic E-state index is -4.83. The lowest BCUT2D eigenvalue weighted by molar-refractivity contribution is -0.274. The fourth-order valence-corrected chi connectivity index (χ4v) is 2.52. The second-order valence-electron chi connectivity index (χ2n) is 6.96. The Balaban J connectivity index is 1.82. The van der Waals surface area contributed by atoms with E-state index in [2.05, 4.69) is 15.4 Å². The van der Waals surface area contributed by atoms with Gasteiger partial charge in [-0.15, -0.1) is 13.2 Å². The molecule has 0 bridgehead atoms. The second-order valence-corrected chi connectivity index (χ2v) is 6.96. The van der Waals surface area contributed by atoms with Crippen molar-refractivity contribution in [3.63, 3.8) is 0 Å². The van der Waals surface area contributed by atoms with Crippen LogP contribution in [0.3, 0.4) is 0 Å². The molecule has 0 spiro atoms. The maximum atomic E-state index is 12.1. The van der Waals surface area contributed by atoms with Crippen molar-refractivity contribution in [2.75, 3.05) is 11.9 Å². The van der Waals surface area contributed by atoms with Gasteiger partial charge in [0, 0.05) is 12.2 Å². The zero-order chi connectivity index (χ0) is 22.7. The number of carbonyl (C=O) groups excluding carboxylic acids is 4. The largest absolute Gasteiger partial charge is 0.573 e. The molecule has 1 unspecified atom stereocenters. The summed E-state index contributed by atoms with van der Waals surface area (Å²) in [6, 6.07) is 3.78. The van der Waals surface area contributed by atoms with Crippen LogP contribution in [0.2, 0.25) is 0 Å². The Morgan fingerprint density at radius 2 is 1.80 bits per heavy atom. The molecule has 2 rings (SSSR count). The number of urea groups is 1. The highest BCUT2D eigenvalue weighted by atomic mass is 19.4. The molecule has 1 fully saturated rings. The molecule has 1 aliphatic rings. The fourth-order valence-electron chi connectivity index (χ4n) is 2.52. The first-order valence-corrected chi connectivity index (χ1v) is 8.79. The van der Waals surface area contributed by atoms with Crippen LogP contribution < -0.4 is 15.4 Å². The van der Waals surface area contributed by atoms with E-state index in [0.717, 1.165) is 17.0 Å². The van der Waals surface area contributed by atoms with Crippen LogP contribution in [0.1, 0.15) is 27.2 Å². The molecule has 30 heavy (non-hydrogen) atoms. The first-order valence-electron chi connectivity index (χ1n) is 8.79. The third-order valence-corrected chi connectivity index (χ3v) is 4.02. The summed E-state index contributed by atoms with van der Waals surface area (Å²) in [4.78, 5) is 48.7. The number of hydrogen-bond acceptors (Lipinski definition) is 6. The van der Waals surface area contributed by atoms with E-state index < -0.39 is 47.6 Å². The number of rotatable bonds is 7. The van der Waals surface area contributed by atoms with E-state index in [4.69, 9.17) is 4.74 Å². The van der Waals surface area contributed by atoms with E-state index in [1.807, 2.05) is 0 Å². The smallest absolute Gasteiger partial charge is 0.452 e. The first-order chi connectivity index (χ1) is 13.8. The van der Waals surface area contributed by atoms with E-state index in [0.29, 0.717) is 0 Å². The van der Waals surface area contributed by atoms with Gasteiger partial charge in [-0.25, -0.2) is 4.79 Å². The second kappa shape index (κ2) is 8.59. The fraction of sp³-hybridized carbons (Fsp3) is 0.444. The van der Waals surface area contributed by atoms with Crippen LogP contribution in [0.15, 0.2) is 24.3 Å². The number of anilines is 1. The Bertz CT molecular complexity index is 839. The van der Waals surface area contributed by atoms with Gasteiger partial charge in [-0.2, -0.15) is 0 Å². The van der Waals surface area contributed by atoms with Crippen LogP contribution in [0.4, 0.5) is 23.7 Å². The maximum absolute atomic E-state index is 12.1. The van der Waals surface area contributed by atoms with Crippen molar-refractivity contribution < 1.29 is 41.8 Å². The molecule has 0 aromatic heterocycles. The molecule has 1 aromatic rings. The lowest BCUT2D eigenvalue weighted by Crippen LogP contribution is -2.40. The Morgan fingerprint density at radius 1 is 1.20 bits per heavy atom. The summed E-state index contributed by atoms with van der Waals surface area (Å²) in [6.07, 6.45) is -6.36. The molecule has 1 heterocycles. The third-order valence-electron chi connectivity index (χ3n) is 4.02. The Morgan fingerprint density at radius 3 is 2.30 bits per heavy atom. The molecule has 1 atom stereocenters. The number of benzene rings is 1. The number of alkyl halides is 3. The molecular formula is C18H20F3N3O6. The van der Waals surface area contributed by atoms with Crippen LogP contribution in [-0.4, -0.2) is 53.3 Å². The van der Waals surface area contributed by atoms with E-state index in [-0.39, 0.29) is 18.7 Å². The molecule has 1 aliphatic heterocycles. The maximum Gasteiger partial charge on any atom is 0.573 e. The normalized spacial score (nSPS) is 16.7. The predicted octanol–water partition coefficient (Wildman–Crippen LogP) is 2.18. The summed E-state index contributed by atoms with van der Waals surface area (Å²) in [5, 5.41) is 4.85. The van der Waals surface area contributed by atoms with Crippen molar-refractivity contribution in [2.24, 2.45) is 0 Å². The van der Waals surface area contributed by atoms with Gasteiger partial charge >= 0.3 is 18.4 Å². The third kappa shape index (κ3) is 6.09. The Kier molecular flexibility index (Phi) is 6.58. The molecule has 9 nitrogen and oxygen atoms in total. The van der Waals surface area contributed by atoms with Crippen molar-refractivity contribution >= 4 is 29.5 Å². The van der Waals surface area contributed by atoms with Gasteiger partial charge in [-0.05, 0) is 45.0 Å². The van der Waals surface area contributed by atoms with Gasteiger partial charge < -0.3 is 20.1 Å². The topological polar surface area (TPSA) is 114 Å². The van der Waals surface area contributed by atoms with E-state index in [9.17, 15) is 32.3 Å². The number of ether oxygens (including phenoxy) is 2. The van der Waals surface area contributed by atoms with Gasteiger partial charge in [0.05, 0.1) is 6.42 Å². The molecule has 1 aromatic carbocycles. The molecule has 0 radical (unpaired) electrons. The SMILES string of the molecule is CC(OC(=O)CCN1C(=O)NC(C)(C)C1=O)C(=O)Nc1ccc(OC(F)(F)F)cc1. The zero-order valence-corrected chi connectivity index (χ0v) is 16.3. The summed E-state index contributed by atoms with van der Waals surface area (Å²) in [5.74, 6) is -2.46. The van der Waals surface area contributed by atoms with E-state index >= 15 is 0 Å². The summed E-state index contributed by atoms with van der Waals surface area (Å²) in [5.41, 5.74) is -0.895. The van der Waals surface area contributed by atoms with Crippen LogP contribution in [-0.2, 0) is 19.1 Å². The number of imide groups is 1. The minimum Gasteiger partial charge on any atom is -0.452 e. The Hall–Kier alpha value is -3.31. The van der Waals surface area contributed by atoms with Crippen LogP contribution >= 0.6 is 0 Å². The van der Waals surface area contributed by atoms with Gasteiger partial charge in [0.25, 0.3) is 11.8 Å². The number of nitrogens with zero attached hydrogens (tertiary/aromatic N) is 1. The molecule has 164 valence electrons. The van der Waals surface area contributed by atoms with Crippen LogP contribution in [0.25, 0.3) is 0 Å². The number of amides is 4. The van der Waals surface area contributed by atoms with Crippen LogP contribution in [0.5, 0.6) is 5.75 Å². The minimum absolute atomic E-state index is 0.166. The van der Waals surface area contributed by atoms with Crippen molar-refractivity contribution in [1.82, 2.24) is 10.2 Å². The Labute approximate surface area is 169 Å². The molecule has 4 amide bonds. The monoisotopic (exact) mass is 431 g/mol. The van der Waals surface area contributed by atoms with Gasteiger partial charge in [-0.1, -0.05) is 0 Å². The molecule has 0 saturated carbocycles. The molecular weight excluding hydrogens is 411 g/mol. The number of halogens is 3. The predicted molar refractivity (Wildman–Crippen MR) is 96.2 cm³/mol. The zero-order valence-electron chi connectivity index (χ0n) is 16.3. The molecule has 2 N–H and O–H groups in total. The van der Waals surface area contributed by atoms with Gasteiger partial charge in [0.15, 0.2) is 6.10 Å². The lowest BCUT2D eigenvalue weighted by atomic mass is 10.1. The van der Waals surface area contributed by atoms with Crippen molar-refractivity contribution in [2.45, 2.75) is 45.2 Å². The van der Waals surface area contributed by atoms with Crippen molar-refractivity contribution in [1.29, 1.82) is 0 Å². The summed E-state index contributed by atoms with van der Waals surface area (Å²) in [6.45, 7) is 4.15. The number of hydrogen-bond donors (Lipinski definition) is 2. The van der Waals surface area contributed by atoms with Gasteiger partial charge in [0.2, 0.25) is 0 Å². The first kappa shape index (κ1) is 23.0. The number of carbonyl (C=O) groups is 4. The average molecular weight is 431 g/mol. The summed E-state index contributed by atoms with van der Waals surface area (Å²) < 4.78 is 45.1. The van der Waals surface area contributed by atoms with E-state index in [1.54, 1.807) is 0 Å². The average Bonchev–Trinajstić information content (AvgIpc) is 2.80. The van der Waals surface area contributed by atoms with E-state index in [1.165, 1.54) is 32.9 Å². The highest BCUT2D eigenvalue weighted by Gasteiger charge is 2.44. The van der Waals surface area contributed by atoms with Crippen molar-refractivity contribution in [3.05, 3.63) is 24.3 Å². The number of esters is 1. The highest BCUT2D eigenvalue weighted by Crippen LogP contribution is 2.24. The molecule has 1 saturated heterocycles. The molecule has 0 aliphatic carbocycles. The standard InChI is InChI=1S/C18H20F3N3O6/c1-10(14(26)22-11-4-6-12(7-5-11)30-18(19,20)21)29-13(25)8-9-24-15(27)17(2,3)23-16(24)28/h4-7,10H,8-9H2,1-3H3,(H,22,26)(H,23,28). The highest BCUT2D eigenvalue weighted by molar-refractivity contribution is 6.06. The number of nitrogens with one attached hydrogen (secondary N) is 2. The quantitative estimate of drug-likeness (QED) is 0.505. The summed E-state index contributed by atoms with van der Waals surface area (Å²) in [7, 11) is 0. The molecule has 12 heteroatoms. The van der Waals surface area contributed by atoms with Crippen molar-refractivity contribution in [3.8, 4) is 5.75 Å².